The molecule has 0 aromatic heterocycles. The molecule has 9 heteroatoms. The molecule has 0 spiro atoms. The summed E-state index contributed by atoms with van der Waals surface area (Å²) in [6.07, 6.45) is 0. The van der Waals surface area contributed by atoms with Gasteiger partial charge in [-0.15, -0.1) is 0 Å². The van der Waals surface area contributed by atoms with Crippen molar-refractivity contribution in [2.24, 2.45) is 0 Å². The number of hydrogen-bond donors (Lipinski definition) is 0. The zero-order valence-electron chi connectivity index (χ0n) is 8.23. The Morgan fingerprint density at radius 2 is 1.00 bits per heavy atom. The summed E-state index contributed by atoms with van der Waals surface area (Å²) in [7, 11) is 0. The number of aliphatic carboxylic acids is 3. The number of carboxylic acid groups (broad SMARTS) is 3. The maximum Gasteiger partial charge on any atom is 2.00 e. The first-order chi connectivity index (χ1) is 5.91. The first kappa shape index (κ1) is 21.8. The summed E-state index contributed by atoms with van der Waals surface area (Å²) in [5.41, 5.74) is 0. The average molecular weight is 365 g/mol. The molecule has 0 rings (SSSR count). The van der Waals surface area contributed by atoms with Crippen LogP contribution in [0.1, 0.15) is 0 Å². The van der Waals surface area contributed by atoms with Gasteiger partial charge < -0.3 is 29.7 Å². The van der Waals surface area contributed by atoms with Crippen LogP contribution in [0.3, 0.4) is 0 Å². The zero-order valence-corrected chi connectivity index (χ0v) is 15.8. The molecule has 0 fully saturated rings. The Balaban J connectivity index is -0.000000720. The fourth-order valence-electron chi connectivity index (χ4n) is 0.715. The summed E-state index contributed by atoms with van der Waals surface area (Å²) in [6, 6.07) is 0. The van der Waals surface area contributed by atoms with Gasteiger partial charge in [-0.25, -0.2) is 0 Å². The van der Waals surface area contributed by atoms with Crippen LogP contribution in [0.5, 0.6) is 0 Å². The van der Waals surface area contributed by atoms with Gasteiger partial charge in [0, 0.05) is 19.6 Å². The van der Waals surface area contributed by atoms with Crippen LogP contribution >= 0.6 is 0 Å². The first-order valence-corrected chi connectivity index (χ1v) is 3.23. The van der Waals surface area contributed by atoms with E-state index in [-0.39, 0.29) is 100 Å². The van der Waals surface area contributed by atoms with Crippen molar-refractivity contribution >= 4 is 66.8 Å². The number of rotatable bonds is 6. The molecule has 0 N–H and O–H groups in total. The van der Waals surface area contributed by atoms with Gasteiger partial charge in [0.05, 0.1) is 17.9 Å². The van der Waals surface area contributed by atoms with Crippen molar-refractivity contribution in [3.05, 3.63) is 0 Å². The van der Waals surface area contributed by atoms with Crippen molar-refractivity contribution in [1.82, 2.24) is 4.90 Å². The van der Waals surface area contributed by atoms with Crippen LogP contribution in [0.15, 0.2) is 0 Å². The van der Waals surface area contributed by atoms with Gasteiger partial charge in [-0.05, 0) is 0 Å². The molecule has 0 amide bonds. The van der Waals surface area contributed by atoms with Crippen molar-refractivity contribution in [2.45, 2.75) is 0 Å². The van der Waals surface area contributed by atoms with Gasteiger partial charge in [-0.2, -0.15) is 0 Å². The van der Waals surface area contributed by atoms with E-state index in [9.17, 15) is 29.7 Å². The predicted molar refractivity (Wildman–Crippen MR) is 37.2 cm³/mol. The van der Waals surface area contributed by atoms with E-state index in [0.29, 0.717) is 4.90 Å². The van der Waals surface area contributed by atoms with Gasteiger partial charge in [0.25, 0.3) is 0 Å². The van der Waals surface area contributed by atoms with Gasteiger partial charge in [0.2, 0.25) is 0 Å². The number of carbonyl (C=O) groups excluding carboxylic acids is 3. The minimum atomic E-state index is -1.57. The molecule has 0 aliphatic carbocycles. The monoisotopic (exact) mass is 365 g/mol. The van der Waals surface area contributed by atoms with Crippen molar-refractivity contribution in [1.29, 1.82) is 0 Å². The van der Waals surface area contributed by atoms with Crippen molar-refractivity contribution in [3.8, 4) is 0 Å². The molecule has 0 radical (unpaired) electrons. The Morgan fingerprint density at radius 1 is 0.800 bits per heavy atom. The van der Waals surface area contributed by atoms with Gasteiger partial charge in [0.15, 0.2) is 0 Å². The van der Waals surface area contributed by atoms with E-state index in [2.05, 4.69) is 0 Å². The van der Waals surface area contributed by atoms with E-state index in [0.717, 1.165) is 0 Å². The molecule has 0 aliphatic heterocycles. The third-order valence-corrected chi connectivity index (χ3v) is 1.06. The van der Waals surface area contributed by atoms with Crippen LogP contribution in [0.25, 0.3) is 0 Å². The quantitative estimate of drug-likeness (QED) is 0.429. The Bertz CT molecular complexity index is 198. The molecule has 0 aromatic carbocycles. The summed E-state index contributed by atoms with van der Waals surface area (Å²) < 4.78 is 0. The van der Waals surface area contributed by atoms with E-state index in [1.165, 1.54) is 0 Å². The topological polar surface area (TPSA) is 124 Å². The normalized spacial score (nSPS) is 8.60. The van der Waals surface area contributed by atoms with E-state index < -0.39 is 37.5 Å². The molecule has 0 aromatic rings. The molecule has 15 heavy (non-hydrogen) atoms. The Morgan fingerprint density at radius 3 is 1.13 bits per heavy atom. The fraction of sp³-hybridized carbons (Fsp3) is 0.500. The van der Waals surface area contributed by atoms with Crippen molar-refractivity contribution < 1.29 is 81.1 Å². The van der Waals surface area contributed by atoms with Crippen LogP contribution in [0, 0.1) is 0 Å². The minimum Gasteiger partial charge on any atom is -0.549 e. The molecule has 0 saturated heterocycles. The summed E-state index contributed by atoms with van der Waals surface area (Å²) >= 11 is 0. The third kappa shape index (κ3) is 15.6. The van der Waals surface area contributed by atoms with Gasteiger partial charge in [-0.3, -0.25) is 4.90 Å². The van der Waals surface area contributed by atoms with Crippen molar-refractivity contribution in [3.63, 3.8) is 0 Å². The second-order valence-corrected chi connectivity index (χ2v) is 2.26. The zero-order chi connectivity index (χ0) is 10.4. The Hall–Kier alpha value is 1.58. The van der Waals surface area contributed by atoms with E-state index >= 15 is 0 Å². The third-order valence-electron chi connectivity index (χ3n) is 1.06. The van der Waals surface area contributed by atoms with Crippen LogP contribution in [0.2, 0.25) is 0 Å². The maximum absolute atomic E-state index is 9.99. The number of carboxylic acids is 3. The molecule has 0 atom stereocenters. The molecular weight excluding hydrogens is 358 g/mol. The standard InChI is InChI=1S/C6H9NO6.Ba.K/c8-4(9)1-7(2-5(10)11)3-6(12)13;;/h1-3H2,(H,8,9)(H,10,11)(H,12,13);;/q;+2;+1/p-3. The largest absolute Gasteiger partial charge is 2.00 e. The van der Waals surface area contributed by atoms with Gasteiger partial charge >= 0.3 is 100 Å². The summed E-state index contributed by atoms with van der Waals surface area (Å²) in [5.74, 6) is -4.70. The molecule has 0 bridgehead atoms. The van der Waals surface area contributed by atoms with Crippen LogP contribution in [0.4, 0.5) is 0 Å². The minimum absolute atomic E-state index is 0. The first-order valence-electron chi connectivity index (χ1n) is 3.23. The van der Waals surface area contributed by atoms with E-state index in [4.69, 9.17) is 0 Å². The molecule has 0 unspecified atom stereocenters. The molecular formula is C6H6BaKNO6. The number of carbonyl (C=O) groups is 3. The summed E-state index contributed by atoms with van der Waals surface area (Å²) in [5, 5.41) is 30.0. The number of nitrogens with zero attached hydrogens (tertiary/aromatic N) is 1. The second kappa shape index (κ2) is 12.0. The van der Waals surface area contributed by atoms with Crippen molar-refractivity contribution in [2.75, 3.05) is 19.6 Å². The van der Waals surface area contributed by atoms with Crippen LogP contribution in [-0.2, 0) is 14.4 Å². The van der Waals surface area contributed by atoms with Gasteiger partial charge in [0.1, 0.15) is 0 Å². The SMILES string of the molecule is O=C([O-])CN(CC(=O)[O-])CC(=O)[O-].[Ba+2].[K+]. The molecule has 0 heterocycles. The molecule has 0 saturated carbocycles. The van der Waals surface area contributed by atoms with Crippen LogP contribution < -0.4 is 66.7 Å². The summed E-state index contributed by atoms with van der Waals surface area (Å²) in [4.78, 5) is 30.6. The molecule has 7 nitrogen and oxygen atoms in total. The Labute approximate surface area is 169 Å². The summed E-state index contributed by atoms with van der Waals surface area (Å²) in [6.45, 7) is -2.37. The van der Waals surface area contributed by atoms with Gasteiger partial charge in [-0.1, -0.05) is 0 Å². The fourth-order valence-corrected chi connectivity index (χ4v) is 0.715. The molecule has 0 aliphatic rings. The Kier molecular flexibility index (Phi) is 17.5. The number of hydrogen-bond acceptors (Lipinski definition) is 7. The average Bonchev–Trinajstić information content (AvgIpc) is 1.80. The molecule has 74 valence electrons. The van der Waals surface area contributed by atoms with Crippen LogP contribution in [-0.4, -0.2) is 91.3 Å². The second-order valence-electron chi connectivity index (χ2n) is 2.26. The van der Waals surface area contributed by atoms with E-state index in [1.807, 2.05) is 0 Å². The predicted octanol–water partition coefficient (Wildman–Crippen LogP) is -8.84. The maximum atomic E-state index is 9.99. The smallest absolute Gasteiger partial charge is 0.549 e. The van der Waals surface area contributed by atoms with E-state index in [1.54, 1.807) is 0 Å².